The van der Waals surface area contributed by atoms with Gasteiger partial charge in [0.2, 0.25) is 11.8 Å². The van der Waals surface area contributed by atoms with Crippen LogP contribution in [-0.4, -0.2) is 43.8 Å². The molecule has 1 fully saturated rings. The highest BCUT2D eigenvalue weighted by Crippen LogP contribution is 2.26. The average molecular weight is 691 g/mol. The normalized spacial score (nSPS) is 14.8. The number of sulfonamides is 1. The third kappa shape index (κ3) is 7.73. The van der Waals surface area contributed by atoms with Gasteiger partial charge in [-0.05, 0) is 73.9 Å². The smallest absolute Gasteiger partial charge is 0.264 e. The van der Waals surface area contributed by atoms with Crippen LogP contribution < -0.4 is 9.62 Å². The van der Waals surface area contributed by atoms with Crippen LogP contribution in [0, 0.1) is 0 Å². The summed E-state index contributed by atoms with van der Waals surface area (Å²) in [5.74, 6) is -0.713. The lowest BCUT2D eigenvalue weighted by Crippen LogP contribution is -2.53. The van der Waals surface area contributed by atoms with Crippen molar-refractivity contribution in [3.8, 4) is 0 Å². The molecule has 1 saturated carbocycles. The Morgan fingerprint density at radius 2 is 1.45 bits per heavy atom. The number of anilines is 1. The first kappa shape index (κ1) is 30.3. The molecule has 0 aromatic heterocycles. The molecule has 0 spiro atoms. The highest BCUT2D eigenvalue weighted by atomic mass is 79.9. The van der Waals surface area contributed by atoms with Crippen molar-refractivity contribution in [2.75, 3.05) is 10.8 Å². The van der Waals surface area contributed by atoms with Gasteiger partial charge in [0.15, 0.2) is 0 Å². The van der Waals surface area contributed by atoms with Gasteiger partial charge in [0, 0.05) is 21.5 Å². The highest BCUT2D eigenvalue weighted by molar-refractivity contribution is 9.10. The fourth-order valence-corrected chi connectivity index (χ4v) is 6.76. The molecule has 1 atom stereocenters. The first-order valence-electron chi connectivity index (χ1n) is 13.3. The Hall–Kier alpha value is -2.69. The van der Waals surface area contributed by atoms with E-state index in [1.165, 1.54) is 17.0 Å². The van der Waals surface area contributed by atoms with Gasteiger partial charge in [0.25, 0.3) is 10.0 Å². The van der Waals surface area contributed by atoms with Crippen LogP contribution in [0.4, 0.5) is 5.69 Å². The molecular weight excluding hydrogens is 658 g/mol. The van der Waals surface area contributed by atoms with E-state index in [4.69, 9.17) is 0 Å². The Kier molecular flexibility index (Phi) is 10.4. The summed E-state index contributed by atoms with van der Waals surface area (Å²) in [6, 6.07) is 21.6. The van der Waals surface area contributed by atoms with Gasteiger partial charge in [-0.1, -0.05) is 81.5 Å². The molecule has 1 aliphatic rings. The Morgan fingerprint density at radius 1 is 0.875 bits per heavy atom. The van der Waals surface area contributed by atoms with Gasteiger partial charge in [-0.2, -0.15) is 0 Å². The first-order valence-corrected chi connectivity index (χ1v) is 16.4. The molecule has 0 radical (unpaired) electrons. The highest BCUT2D eigenvalue weighted by Gasteiger charge is 2.33. The average Bonchev–Trinajstić information content (AvgIpc) is 2.96. The van der Waals surface area contributed by atoms with Crippen LogP contribution in [0.15, 0.2) is 92.7 Å². The van der Waals surface area contributed by atoms with Gasteiger partial charge in [-0.15, -0.1) is 0 Å². The minimum atomic E-state index is -4.08. The molecule has 0 saturated heterocycles. The van der Waals surface area contributed by atoms with Gasteiger partial charge in [0.1, 0.15) is 12.6 Å². The van der Waals surface area contributed by atoms with Crippen LogP contribution in [0.5, 0.6) is 0 Å². The van der Waals surface area contributed by atoms with Crippen molar-refractivity contribution < 1.29 is 18.0 Å². The fourth-order valence-electron chi connectivity index (χ4n) is 4.79. The Bertz CT molecular complexity index is 1400. The van der Waals surface area contributed by atoms with E-state index in [1.807, 2.05) is 24.3 Å². The Balaban J connectivity index is 1.65. The number of hydrogen-bond donors (Lipinski definition) is 1. The van der Waals surface area contributed by atoms with Gasteiger partial charge in [-0.3, -0.25) is 13.9 Å². The van der Waals surface area contributed by atoms with Crippen molar-refractivity contribution in [2.24, 2.45) is 0 Å². The summed E-state index contributed by atoms with van der Waals surface area (Å²) in [7, 11) is -4.08. The number of nitrogens with zero attached hydrogens (tertiary/aromatic N) is 2. The summed E-state index contributed by atoms with van der Waals surface area (Å²) in [4.78, 5) is 28.9. The summed E-state index contributed by atoms with van der Waals surface area (Å²) in [6.07, 6.45) is 5.15. The summed E-state index contributed by atoms with van der Waals surface area (Å²) < 4.78 is 30.4. The summed E-state index contributed by atoms with van der Waals surface area (Å²) in [6.45, 7) is 1.39. The van der Waals surface area contributed by atoms with Gasteiger partial charge in [-0.25, -0.2) is 8.42 Å². The third-order valence-corrected chi connectivity index (χ3v) is 9.96. The minimum absolute atomic E-state index is 0.0771. The topological polar surface area (TPSA) is 86.8 Å². The van der Waals surface area contributed by atoms with E-state index < -0.39 is 28.5 Å². The largest absolute Gasteiger partial charge is 0.352 e. The van der Waals surface area contributed by atoms with Crippen molar-refractivity contribution in [3.63, 3.8) is 0 Å². The lowest BCUT2D eigenvalue weighted by atomic mass is 9.95. The molecule has 10 heteroatoms. The van der Waals surface area contributed by atoms with E-state index in [2.05, 4.69) is 37.2 Å². The van der Waals surface area contributed by atoms with Crippen molar-refractivity contribution >= 4 is 59.4 Å². The van der Waals surface area contributed by atoms with Crippen LogP contribution in [-0.2, 0) is 26.2 Å². The van der Waals surface area contributed by atoms with Crippen LogP contribution >= 0.6 is 31.9 Å². The molecule has 3 aromatic carbocycles. The van der Waals surface area contributed by atoms with Crippen LogP contribution in [0.25, 0.3) is 0 Å². The van der Waals surface area contributed by atoms with Crippen LogP contribution in [0.3, 0.4) is 0 Å². The quantitative estimate of drug-likeness (QED) is 0.272. The zero-order valence-corrected chi connectivity index (χ0v) is 26.3. The van der Waals surface area contributed by atoms with E-state index in [-0.39, 0.29) is 23.4 Å². The number of benzene rings is 3. The number of carbonyl (C=O) groups is 2. The van der Waals surface area contributed by atoms with Crippen molar-refractivity contribution in [3.05, 3.63) is 93.4 Å². The van der Waals surface area contributed by atoms with E-state index in [0.717, 1.165) is 50.9 Å². The van der Waals surface area contributed by atoms with Crippen LogP contribution in [0.1, 0.15) is 44.6 Å². The predicted molar refractivity (Wildman–Crippen MR) is 164 cm³/mol. The molecule has 0 bridgehead atoms. The number of carbonyl (C=O) groups excluding carboxylic acids is 2. The molecule has 2 amide bonds. The zero-order valence-electron chi connectivity index (χ0n) is 22.3. The maximum atomic E-state index is 14.0. The molecule has 0 heterocycles. The van der Waals surface area contributed by atoms with E-state index >= 15 is 0 Å². The van der Waals surface area contributed by atoms with Gasteiger partial charge in [0.05, 0.1) is 10.6 Å². The summed E-state index contributed by atoms with van der Waals surface area (Å²) in [5.41, 5.74) is 1.18. The number of rotatable bonds is 10. The predicted octanol–water partition coefficient (Wildman–Crippen LogP) is 6.27. The van der Waals surface area contributed by atoms with Gasteiger partial charge < -0.3 is 10.2 Å². The standard InChI is InChI=1S/C30H33Br2N3O4S/c1-22(30(37)33-26-8-4-2-5-9-26)34(20-23-12-14-24(31)15-13-23)29(36)21-35(27-18-16-25(32)17-19-27)40(38,39)28-10-6-3-7-11-28/h3,6-7,10-19,22,26H,2,4-5,8-9,20-21H2,1H3,(H,33,37)/t22-/m0/s1. The molecule has 0 unspecified atom stereocenters. The van der Waals surface area contributed by atoms with E-state index in [9.17, 15) is 18.0 Å². The van der Waals surface area contributed by atoms with Crippen molar-refractivity contribution in [2.45, 2.75) is 62.6 Å². The molecule has 3 aromatic rings. The van der Waals surface area contributed by atoms with Crippen LogP contribution in [0.2, 0.25) is 0 Å². The Morgan fingerprint density at radius 3 is 2.05 bits per heavy atom. The second-order valence-corrected chi connectivity index (χ2v) is 13.7. The monoisotopic (exact) mass is 689 g/mol. The first-order chi connectivity index (χ1) is 19.1. The molecule has 0 aliphatic heterocycles. The molecule has 40 heavy (non-hydrogen) atoms. The van der Waals surface area contributed by atoms with Crippen molar-refractivity contribution in [1.29, 1.82) is 0 Å². The van der Waals surface area contributed by atoms with Gasteiger partial charge >= 0.3 is 0 Å². The maximum absolute atomic E-state index is 14.0. The lowest BCUT2D eigenvalue weighted by Gasteiger charge is -2.33. The maximum Gasteiger partial charge on any atom is 0.264 e. The molecule has 1 aliphatic carbocycles. The lowest BCUT2D eigenvalue weighted by molar-refractivity contribution is -0.139. The number of nitrogens with one attached hydrogen (secondary N) is 1. The molecule has 7 nitrogen and oxygen atoms in total. The molecular formula is C30H33Br2N3O4S. The molecule has 4 rings (SSSR count). The number of halogens is 2. The Labute approximate surface area is 253 Å². The molecule has 212 valence electrons. The third-order valence-electron chi connectivity index (χ3n) is 7.11. The summed E-state index contributed by atoms with van der Waals surface area (Å²) in [5, 5.41) is 3.12. The summed E-state index contributed by atoms with van der Waals surface area (Å²) >= 11 is 6.83. The minimum Gasteiger partial charge on any atom is -0.352 e. The number of hydrogen-bond acceptors (Lipinski definition) is 4. The SMILES string of the molecule is C[C@@H](C(=O)NC1CCCCC1)N(Cc1ccc(Br)cc1)C(=O)CN(c1ccc(Br)cc1)S(=O)(=O)c1ccccc1. The van der Waals surface area contributed by atoms with Crippen molar-refractivity contribution in [1.82, 2.24) is 10.2 Å². The molecule has 1 N–H and O–H groups in total. The second kappa shape index (κ2) is 13.8. The second-order valence-electron chi connectivity index (χ2n) is 9.97. The van der Waals surface area contributed by atoms with E-state index in [0.29, 0.717) is 5.69 Å². The van der Waals surface area contributed by atoms with E-state index in [1.54, 1.807) is 49.4 Å². The zero-order chi connectivity index (χ0) is 28.7. The fraction of sp³-hybridized carbons (Fsp3) is 0.333. The number of amides is 2.